The lowest BCUT2D eigenvalue weighted by Crippen LogP contribution is -2.44. The predicted octanol–water partition coefficient (Wildman–Crippen LogP) is 2.48. The molecule has 0 aliphatic carbocycles. The molecule has 20 heavy (non-hydrogen) atoms. The van der Waals surface area contributed by atoms with Gasteiger partial charge in [-0.1, -0.05) is 0 Å². The van der Waals surface area contributed by atoms with Gasteiger partial charge in [0, 0.05) is 24.8 Å². The number of halogens is 3. The van der Waals surface area contributed by atoms with Crippen molar-refractivity contribution in [1.29, 1.82) is 0 Å². The van der Waals surface area contributed by atoms with Gasteiger partial charge in [-0.05, 0) is 37.8 Å². The predicted molar refractivity (Wildman–Crippen MR) is 66.7 cm³/mol. The fourth-order valence-electron chi connectivity index (χ4n) is 2.56. The van der Waals surface area contributed by atoms with Crippen LogP contribution in [0.1, 0.15) is 36.0 Å². The molecule has 6 heteroatoms. The summed E-state index contributed by atoms with van der Waals surface area (Å²) in [5.74, 6) is -4.85. The number of benzene rings is 1. The lowest BCUT2D eigenvalue weighted by molar-refractivity contribution is 0.0573. The Labute approximate surface area is 115 Å². The molecule has 1 aliphatic rings. The highest BCUT2D eigenvalue weighted by Crippen LogP contribution is 2.23. The number of rotatable bonds is 3. The van der Waals surface area contributed by atoms with Crippen molar-refractivity contribution in [3.05, 3.63) is 35.1 Å². The molecule has 1 aromatic rings. The van der Waals surface area contributed by atoms with E-state index in [1.807, 2.05) is 0 Å². The average molecular weight is 287 g/mol. The third-order valence-electron chi connectivity index (χ3n) is 3.58. The van der Waals surface area contributed by atoms with Crippen LogP contribution in [-0.2, 0) is 0 Å². The Balaban J connectivity index is 2.25. The summed E-state index contributed by atoms with van der Waals surface area (Å²) in [6.45, 7) is 0.421. The first kappa shape index (κ1) is 14.8. The van der Waals surface area contributed by atoms with Crippen LogP contribution in [0, 0.1) is 17.5 Å². The summed E-state index contributed by atoms with van der Waals surface area (Å²) in [6.07, 6.45) is 2.93. The molecule has 1 unspecified atom stereocenters. The minimum atomic E-state index is -1.58. The van der Waals surface area contributed by atoms with E-state index in [4.69, 9.17) is 5.11 Å². The Kier molecular flexibility index (Phi) is 4.65. The number of carbonyl (C=O) groups is 1. The van der Waals surface area contributed by atoms with Gasteiger partial charge in [-0.15, -0.1) is 0 Å². The number of aliphatic hydroxyl groups excluding tert-OH is 1. The van der Waals surface area contributed by atoms with E-state index in [1.165, 1.54) is 4.90 Å². The Morgan fingerprint density at radius 2 is 1.90 bits per heavy atom. The van der Waals surface area contributed by atoms with E-state index in [9.17, 15) is 18.0 Å². The lowest BCUT2D eigenvalue weighted by Gasteiger charge is -2.35. The topological polar surface area (TPSA) is 40.5 Å². The van der Waals surface area contributed by atoms with E-state index in [0.717, 1.165) is 19.3 Å². The number of hydrogen-bond acceptors (Lipinski definition) is 2. The van der Waals surface area contributed by atoms with Crippen LogP contribution in [0.25, 0.3) is 0 Å². The maximum absolute atomic E-state index is 13.2. The lowest BCUT2D eigenvalue weighted by atomic mass is 9.98. The first-order valence-electron chi connectivity index (χ1n) is 6.61. The monoisotopic (exact) mass is 287 g/mol. The molecule has 1 aromatic carbocycles. The van der Waals surface area contributed by atoms with Crippen molar-refractivity contribution in [2.75, 3.05) is 13.2 Å². The number of hydrogen-bond donors (Lipinski definition) is 1. The van der Waals surface area contributed by atoms with Crippen molar-refractivity contribution in [1.82, 2.24) is 4.90 Å². The van der Waals surface area contributed by atoms with Crippen LogP contribution in [0.4, 0.5) is 13.2 Å². The van der Waals surface area contributed by atoms with Gasteiger partial charge in [-0.25, -0.2) is 13.2 Å². The zero-order valence-corrected chi connectivity index (χ0v) is 10.9. The molecule has 1 aliphatic heterocycles. The number of likely N-dealkylation sites (tertiary alicyclic amines) is 1. The molecule has 1 amide bonds. The Bertz CT molecular complexity index is 482. The summed E-state index contributed by atoms with van der Waals surface area (Å²) in [4.78, 5) is 13.8. The smallest absolute Gasteiger partial charge is 0.254 e. The average Bonchev–Trinajstić information content (AvgIpc) is 2.44. The van der Waals surface area contributed by atoms with Gasteiger partial charge in [0.1, 0.15) is 0 Å². The van der Waals surface area contributed by atoms with Gasteiger partial charge in [-0.3, -0.25) is 4.79 Å². The molecular formula is C14H16F3NO2. The second kappa shape index (κ2) is 6.26. The van der Waals surface area contributed by atoms with Crippen molar-refractivity contribution in [3.8, 4) is 0 Å². The molecule has 2 rings (SSSR count). The molecule has 0 aromatic heterocycles. The molecule has 1 atom stereocenters. The van der Waals surface area contributed by atoms with Gasteiger partial charge in [0.15, 0.2) is 17.5 Å². The van der Waals surface area contributed by atoms with Gasteiger partial charge in [0.25, 0.3) is 5.91 Å². The van der Waals surface area contributed by atoms with Crippen molar-refractivity contribution in [3.63, 3.8) is 0 Å². The molecular weight excluding hydrogens is 271 g/mol. The summed E-state index contributed by atoms with van der Waals surface area (Å²) in [5.41, 5.74) is -0.203. The van der Waals surface area contributed by atoms with Crippen LogP contribution in [0.2, 0.25) is 0 Å². The molecule has 1 heterocycles. The van der Waals surface area contributed by atoms with Crippen molar-refractivity contribution in [2.24, 2.45) is 0 Å². The second-order valence-corrected chi connectivity index (χ2v) is 4.91. The summed E-state index contributed by atoms with van der Waals surface area (Å²) < 4.78 is 39.3. The molecule has 1 fully saturated rings. The minimum absolute atomic E-state index is 0.0550. The molecule has 0 saturated carbocycles. The van der Waals surface area contributed by atoms with Gasteiger partial charge in [-0.2, -0.15) is 0 Å². The molecule has 1 N–H and O–H groups in total. The summed E-state index contributed by atoms with van der Waals surface area (Å²) >= 11 is 0. The number of piperidine rings is 1. The number of carbonyl (C=O) groups excluding carboxylic acids is 1. The van der Waals surface area contributed by atoms with Gasteiger partial charge in [0.05, 0.1) is 0 Å². The van der Waals surface area contributed by atoms with Crippen LogP contribution in [0.15, 0.2) is 12.1 Å². The Morgan fingerprint density at radius 3 is 2.50 bits per heavy atom. The molecule has 0 bridgehead atoms. The fourth-order valence-corrected chi connectivity index (χ4v) is 2.56. The maximum Gasteiger partial charge on any atom is 0.254 e. The quantitative estimate of drug-likeness (QED) is 0.868. The van der Waals surface area contributed by atoms with E-state index in [2.05, 4.69) is 0 Å². The zero-order valence-electron chi connectivity index (χ0n) is 10.9. The van der Waals surface area contributed by atoms with Gasteiger partial charge in [0.2, 0.25) is 0 Å². The van der Waals surface area contributed by atoms with Crippen LogP contribution in [-0.4, -0.2) is 35.1 Å². The van der Waals surface area contributed by atoms with Crippen molar-refractivity contribution >= 4 is 5.91 Å². The third kappa shape index (κ3) is 2.95. The normalized spacial score (nSPS) is 19.2. The van der Waals surface area contributed by atoms with Crippen LogP contribution in [0.3, 0.4) is 0 Å². The molecule has 0 spiro atoms. The first-order chi connectivity index (χ1) is 9.54. The van der Waals surface area contributed by atoms with E-state index < -0.39 is 23.4 Å². The highest BCUT2D eigenvalue weighted by atomic mass is 19.2. The number of amides is 1. The summed E-state index contributed by atoms with van der Waals surface area (Å²) in [7, 11) is 0. The minimum Gasteiger partial charge on any atom is -0.396 e. The van der Waals surface area contributed by atoms with Gasteiger partial charge >= 0.3 is 0 Å². The van der Waals surface area contributed by atoms with Crippen molar-refractivity contribution in [2.45, 2.75) is 31.7 Å². The third-order valence-corrected chi connectivity index (χ3v) is 3.58. The Morgan fingerprint density at radius 1 is 1.25 bits per heavy atom. The van der Waals surface area contributed by atoms with Crippen molar-refractivity contribution < 1.29 is 23.1 Å². The van der Waals surface area contributed by atoms with E-state index in [0.29, 0.717) is 25.1 Å². The largest absolute Gasteiger partial charge is 0.396 e. The zero-order chi connectivity index (χ0) is 14.7. The maximum atomic E-state index is 13.2. The summed E-state index contributed by atoms with van der Waals surface area (Å²) in [6, 6.07) is 1.29. The first-order valence-corrected chi connectivity index (χ1v) is 6.61. The fraction of sp³-hybridized carbons (Fsp3) is 0.500. The second-order valence-electron chi connectivity index (χ2n) is 4.91. The van der Waals surface area contributed by atoms with Gasteiger partial charge < -0.3 is 10.0 Å². The molecule has 0 radical (unpaired) electrons. The molecule has 1 saturated heterocycles. The molecule has 3 nitrogen and oxygen atoms in total. The van der Waals surface area contributed by atoms with Crippen LogP contribution < -0.4 is 0 Å². The Hall–Kier alpha value is -1.56. The van der Waals surface area contributed by atoms with E-state index >= 15 is 0 Å². The number of aliphatic hydroxyl groups is 1. The number of nitrogens with zero attached hydrogens (tertiary/aromatic N) is 1. The van der Waals surface area contributed by atoms with E-state index in [1.54, 1.807) is 0 Å². The standard InChI is InChI=1S/C14H16F3NO2/c15-11-7-9(8-12(16)13(11)17)14(20)18-5-2-1-3-10(18)4-6-19/h7-8,10,19H,1-6H2. The highest BCUT2D eigenvalue weighted by Gasteiger charge is 2.28. The highest BCUT2D eigenvalue weighted by molar-refractivity contribution is 5.94. The van der Waals surface area contributed by atoms with E-state index in [-0.39, 0.29) is 18.2 Å². The van der Waals surface area contributed by atoms with Crippen LogP contribution >= 0.6 is 0 Å². The molecule has 110 valence electrons. The SMILES string of the molecule is O=C(c1cc(F)c(F)c(F)c1)N1CCCCC1CCO. The van der Waals surface area contributed by atoms with Crippen LogP contribution in [0.5, 0.6) is 0 Å². The summed E-state index contributed by atoms with van der Waals surface area (Å²) in [5, 5.41) is 9.01.